The SMILES string of the molecule is CCNC(=NCCc1ccco1)NCCNC(=O)c1ccc(C)c(F)c1.I. The van der Waals surface area contributed by atoms with Gasteiger partial charge in [0.15, 0.2) is 5.96 Å². The van der Waals surface area contributed by atoms with E-state index in [1.165, 1.54) is 6.07 Å². The zero-order chi connectivity index (χ0) is 18.8. The number of nitrogens with one attached hydrogen (secondary N) is 3. The highest BCUT2D eigenvalue weighted by molar-refractivity contribution is 14.0. The topological polar surface area (TPSA) is 78.7 Å². The fourth-order valence-electron chi connectivity index (χ4n) is 2.27. The van der Waals surface area contributed by atoms with Crippen LogP contribution in [0.5, 0.6) is 0 Å². The van der Waals surface area contributed by atoms with Crippen LogP contribution in [-0.2, 0) is 6.42 Å². The van der Waals surface area contributed by atoms with Crippen LogP contribution in [-0.4, -0.2) is 38.0 Å². The molecule has 0 saturated heterocycles. The Labute approximate surface area is 176 Å². The molecule has 0 saturated carbocycles. The Bertz CT molecular complexity index is 735. The maximum atomic E-state index is 13.5. The highest BCUT2D eigenvalue weighted by Crippen LogP contribution is 2.08. The summed E-state index contributed by atoms with van der Waals surface area (Å²) in [6.45, 7) is 5.88. The van der Waals surface area contributed by atoms with Gasteiger partial charge in [0.25, 0.3) is 5.91 Å². The van der Waals surface area contributed by atoms with Crippen LogP contribution in [0.2, 0.25) is 0 Å². The lowest BCUT2D eigenvalue weighted by molar-refractivity contribution is 0.0954. The highest BCUT2D eigenvalue weighted by Gasteiger charge is 2.07. The van der Waals surface area contributed by atoms with Gasteiger partial charge in [0.1, 0.15) is 11.6 Å². The third-order valence-corrected chi connectivity index (χ3v) is 3.69. The maximum Gasteiger partial charge on any atom is 0.251 e. The first-order valence-electron chi connectivity index (χ1n) is 8.69. The molecule has 0 atom stereocenters. The van der Waals surface area contributed by atoms with Crippen molar-refractivity contribution < 1.29 is 13.6 Å². The molecule has 0 unspecified atom stereocenters. The van der Waals surface area contributed by atoms with E-state index in [4.69, 9.17) is 4.42 Å². The number of benzene rings is 1. The van der Waals surface area contributed by atoms with Gasteiger partial charge in [-0.15, -0.1) is 24.0 Å². The Morgan fingerprint density at radius 1 is 1.19 bits per heavy atom. The molecule has 0 aliphatic heterocycles. The summed E-state index contributed by atoms with van der Waals surface area (Å²) in [5.74, 6) is 0.885. The van der Waals surface area contributed by atoms with Gasteiger partial charge in [0.05, 0.1) is 6.26 Å². The number of amides is 1. The number of hydrogen-bond acceptors (Lipinski definition) is 3. The van der Waals surface area contributed by atoms with Gasteiger partial charge in [-0.1, -0.05) is 6.07 Å². The van der Waals surface area contributed by atoms with E-state index in [1.54, 1.807) is 25.3 Å². The van der Waals surface area contributed by atoms with Gasteiger partial charge in [0.2, 0.25) is 0 Å². The van der Waals surface area contributed by atoms with Gasteiger partial charge >= 0.3 is 0 Å². The predicted molar refractivity (Wildman–Crippen MR) is 115 cm³/mol. The van der Waals surface area contributed by atoms with E-state index in [0.717, 1.165) is 18.7 Å². The number of aliphatic imine (C=N–C) groups is 1. The Morgan fingerprint density at radius 3 is 2.63 bits per heavy atom. The van der Waals surface area contributed by atoms with Gasteiger partial charge < -0.3 is 20.4 Å². The summed E-state index contributed by atoms with van der Waals surface area (Å²) in [6.07, 6.45) is 2.37. The van der Waals surface area contributed by atoms with Crippen molar-refractivity contribution in [1.29, 1.82) is 0 Å². The Balaban J connectivity index is 0.00000364. The quantitative estimate of drug-likeness (QED) is 0.231. The monoisotopic (exact) mass is 488 g/mol. The molecular weight excluding hydrogens is 462 g/mol. The number of aryl methyl sites for hydroxylation is 1. The normalized spacial score (nSPS) is 10.9. The first kappa shape index (κ1) is 22.9. The lowest BCUT2D eigenvalue weighted by atomic mass is 10.1. The van der Waals surface area contributed by atoms with Crippen molar-refractivity contribution in [2.45, 2.75) is 20.3 Å². The van der Waals surface area contributed by atoms with Gasteiger partial charge in [-0.25, -0.2) is 4.39 Å². The molecule has 0 aliphatic rings. The second-order valence-corrected chi connectivity index (χ2v) is 5.74. The third kappa shape index (κ3) is 7.98. The standard InChI is InChI=1S/C19H25FN4O2.HI/c1-3-21-19(23-9-8-16-5-4-12-26-16)24-11-10-22-18(25)15-7-6-14(2)17(20)13-15;/h4-7,12-13H,3,8-11H2,1-2H3,(H,22,25)(H2,21,23,24);1H. The molecule has 0 aliphatic carbocycles. The minimum Gasteiger partial charge on any atom is -0.469 e. The molecule has 1 aromatic carbocycles. The molecule has 0 radical (unpaired) electrons. The number of hydrogen-bond donors (Lipinski definition) is 3. The molecule has 1 heterocycles. The molecular formula is C19H26FIN4O2. The van der Waals surface area contributed by atoms with Crippen LogP contribution in [0.4, 0.5) is 4.39 Å². The molecule has 2 aromatic rings. The summed E-state index contributed by atoms with van der Waals surface area (Å²) >= 11 is 0. The predicted octanol–water partition coefficient (Wildman–Crippen LogP) is 2.87. The summed E-state index contributed by atoms with van der Waals surface area (Å²) in [5, 5.41) is 9.05. The molecule has 6 nitrogen and oxygen atoms in total. The Kier molecular flexibility index (Phi) is 10.5. The highest BCUT2D eigenvalue weighted by atomic mass is 127. The lowest BCUT2D eigenvalue weighted by Gasteiger charge is -2.12. The minimum absolute atomic E-state index is 0. The van der Waals surface area contributed by atoms with Crippen molar-refractivity contribution in [3.8, 4) is 0 Å². The van der Waals surface area contributed by atoms with Crippen molar-refractivity contribution in [1.82, 2.24) is 16.0 Å². The smallest absolute Gasteiger partial charge is 0.251 e. The van der Waals surface area contributed by atoms with E-state index < -0.39 is 0 Å². The molecule has 1 aromatic heterocycles. The number of halogens is 2. The zero-order valence-corrected chi connectivity index (χ0v) is 17.9. The first-order chi connectivity index (χ1) is 12.6. The van der Waals surface area contributed by atoms with Gasteiger partial charge in [-0.05, 0) is 43.7 Å². The molecule has 1 amide bonds. The van der Waals surface area contributed by atoms with Crippen molar-refractivity contribution in [3.05, 3.63) is 59.3 Å². The number of carbonyl (C=O) groups excluding carboxylic acids is 1. The summed E-state index contributed by atoms with van der Waals surface area (Å²) in [4.78, 5) is 16.5. The lowest BCUT2D eigenvalue weighted by Crippen LogP contribution is -2.41. The van der Waals surface area contributed by atoms with Crippen LogP contribution in [0.3, 0.4) is 0 Å². The van der Waals surface area contributed by atoms with Crippen molar-refractivity contribution in [3.63, 3.8) is 0 Å². The zero-order valence-electron chi connectivity index (χ0n) is 15.5. The van der Waals surface area contributed by atoms with E-state index in [-0.39, 0.29) is 35.7 Å². The Hall–Kier alpha value is -2.10. The van der Waals surface area contributed by atoms with Crippen LogP contribution in [0, 0.1) is 12.7 Å². The summed E-state index contributed by atoms with van der Waals surface area (Å²) < 4.78 is 18.8. The molecule has 0 bridgehead atoms. The molecule has 3 N–H and O–H groups in total. The molecule has 2 rings (SSSR count). The molecule has 0 fully saturated rings. The van der Waals surface area contributed by atoms with Crippen molar-refractivity contribution in [2.24, 2.45) is 4.99 Å². The van der Waals surface area contributed by atoms with Crippen LogP contribution in [0.25, 0.3) is 0 Å². The van der Waals surface area contributed by atoms with E-state index in [0.29, 0.717) is 36.7 Å². The second kappa shape index (κ2) is 12.3. The fraction of sp³-hybridized carbons (Fsp3) is 0.368. The van der Waals surface area contributed by atoms with Crippen LogP contribution in [0.15, 0.2) is 46.0 Å². The van der Waals surface area contributed by atoms with Gasteiger partial charge in [-0.3, -0.25) is 9.79 Å². The van der Waals surface area contributed by atoms with E-state index in [2.05, 4.69) is 20.9 Å². The van der Waals surface area contributed by atoms with E-state index in [9.17, 15) is 9.18 Å². The van der Waals surface area contributed by atoms with Gasteiger partial charge in [0, 0.05) is 38.2 Å². The molecule has 27 heavy (non-hydrogen) atoms. The van der Waals surface area contributed by atoms with E-state index in [1.807, 2.05) is 19.1 Å². The first-order valence-corrected chi connectivity index (χ1v) is 8.69. The van der Waals surface area contributed by atoms with Crippen LogP contribution < -0.4 is 16.0 Å². The number of nitrogens with zero attached hydrogens (tertiary/aromatic N) is 1. The number of rotatable bonds is 8. The average molecular weight is 488 g/mol. The van der Waals surface area contributed by atoms with Gasteiger partial charge in [-0.2, -0.15) is 0 Å². The maximum absolute atomic E-state index is 13.5. The molecule has 8 heteroatoms. The van der Waals surface area contributed by atoms with Crippen LogP contribution in [0.1, 0.15) is 28.6 Å². The molecule has 148 valence electrons. The summed E-state index contributed by atoms with van der Waals surface area (Å²) in [7, 11) is 0. The minimum atomic E-state index is -0.381. The Morgan fingerprint density at radius 2 is 1.96 bits per heavy atom. The summed E-state index contributed by atoms with van der Waals surface area (Å²) in [5.41, 5.74) is 0.830. The van der Waals surface area contributed by atoms with Crippen molar-refractivity contribution in [2.75, 3.05) is 26.2 Å². The molecule has 0 spiro atoms. The van der Waals surface area contributed by atoms with Crippen molar-refractivity contribution >= 4 is 35.8 Å². The largest absolute Gasteiger partial charge is 0.469 e. The number of furan rings is 1. The van der Waals surface area contributed by atoms with E-state index >= 15 is 0 Å². The second-order valence-electron chi connectivity index (χ2n) is 5.74. The average Bonchev–Trinajstić information content (AvgIpc) is 3.14. The van der Waals surface area contributed by atoms with Crippen LogP contribution >= 0.6 is 24.0 Å². The number of guanidine groups is 1. The third-order valence-electron chi connectivity index (χ3n) is 3.69. The number of carbonyl (C=O) groups is 1. The fourth-order valence-corrected chi connectivity index (χ4v) is 2.27. The summed E-state index contributed by atoms with van der Waals surface area (Å²) in [6, 6.07) is 8.22.